The number of hydrogen-bond donors (Lipinski definition) is 2. The minimum Gasteiger partial charge on any atom is -0.494 e. The van der Waals surface area contributed by atoms with Gasteiger partial charge in [0.15, 0.2) is 17.4 Å². The van der Waals surface area contributed by atoms with E-state index in [0.717, 1.165) is 16.5 Å². The van der Waals surface area contributed by atoms with Crippen LogP contribution >= 0.6 is 0 Å². The van der Waals surface area contributed by atoms with Gasteiger partial charge in [0, 0.05) is 22.7 Å². The predicted octanol–water partition coefficient (Wildman–Crippen LogP) is 3.51. The molecule has 2 N–H and O–H groups in total. The first-order valence-corrected chi connectivity index (χ1v) is 7.24. The Morgan fingerprint density at radius 3 is 2.70 bits per heavy atom. The number of aromatic hydroxyl groups is 1. The van der Waals surface area contributed by atoms with Crippen LogP contribution in [0.25, 0.3) is 10.9 Å². The maximum Gasteiger partial charge on any atom is 0.198 e. The van der Waals surface area contributed by atoms with E-state index < -0.39 is 0 Å². The highest BCUT2D eigenvalue weighted by Crippen LogP contribution is 2.31. The molecule has 0 aliphatic heterocycles. The standard InChI is InChI=1S/C18H18N2O3/c1-22-16-9-5-6-12(17(16)23-2)10-19-11-14-13-7-3-4-8-15(13)20-18(14)21/h3-9,11,20-21H,10H2,1-2H3. The zero-order valence-electron chi connectivity index (χ0n) is 13.0. The van der Waals surface area contributed by atoms with Crippen LogP contribution in [0, 0.1) is 0 Å². The highest BCUT2D eigenvalue weighted by Gasteiger charge is 2.10. The van der Waals surface area contributed by atoms with Gasteiger partial charge in [-0.2, -0.15) is 0 Å². The molecular weight excluding hydrogens is 292 g/mol. The summed E-state index contributed by atoms with van der Waals surface area (Å²) < 4.78 is 10.7. The van der Waals surface area contributed by atoms with E-state index in [4.69, 9.17) is 9.47 Å². The van der Waals surface area contributed by atoms with E-state index in [1.165, 1.54) is 0 Å². The van der Waals surface area contributed by atoms with Crippen molar-refractivity contribution < 1.29 is 14.6 Å². The maximum atomic E-state index is 10.0. The van der Waals surface area contributed by atoms with Crippen LogP contribution in [0.1, 0.15) is 11.1 Å². The maximum absolute atomic E-state index is 10.0. The van der Waals surface area contributed by atoms with Gasteiger partial charge in [0.05, 0.1) is 26.3 Å². The molecule has 0 saturated carbocycles. The quantitative estimate of drug-likeness (QED) is 0.709. The molecule has 1 aromatic heterocycles. The number of nitrogens with zero attached hydrogens (tertiary/aromatic N) is 1. The molecule has 1 heterocycles. The molecule has 5 heteroatoms. The summed E-state index contributed by atoms with van der Waals surface area (Å²) in [5.41, 5.74) is 2.48. The van der Waals surface area contributed by atoms with Gasteiger partial charge in [-0.1, -0.05) is 30.3 Å². The lowest BCUT2D eigenvalue weighted by Gasteiger charge is -2.10. The van der Waals surface area contributed by atoms with E-state index in [1.807, 2.05) is 42.5 Å². The molecule has 0 amide bonds. The van der Waals surface area contributed by atoms with Crippen molar-refractivity contribution in [3.05, 3.63) is 53.6 Å². The second-order valence-electron chi connectivity index (χ2n) is 5.06. The topological polar surface area (TPSA) is 66.8 Å². The molecule has 3 rings (SSSR count). The predicted molar refractivity (Wildman–Crippen MR) is 90.8 cm³/mol. The number of rotatable bonds is 5. The van der Waals surface area contributed by atoms with Crippen molar-refractivity contribution in [2.75, 3.05) is 14.2 Å². The van der Waals surface area contributed by atoms with Gasteiger partial charge in [-0.25, -0.2) is 0 Å². The van der Waals surface area contributed by atoms with Crippen LogP contribution in [0.3, 0.4) is 0 Å². The molecule has 3 aromatic rings. The highest BCUT2D eigenvalue weighted by molar-refractivity contribution is 6.01. The Morgan fingerprint density at radius 2 is 1.91 bits per heavy atom. The summed E-state index contributed by atoms with van der Waals surface area (Å²) in [7, 11) is 3.21. The van der Waals surface area contributed by atoms with Gasteiger partial charge in [-0.05, 0) is 12.1 Å². The third-order valence-corrected chi connectivity index (χ3v) is 3.69. The van der Waals surface area contributed by atoms with Gasteiger partial charge in [0.2, 0.25) is 0 Å². The Labute approximate surface area is 134 Å². The number of aliphatic imine (C=N–C) groups is 1. The molecule has 5 nitrogen and oxygen atoms in total. The lowest BCUT2D eigenvalue weighted by Crippen LogP contribution is -1.95. The second-order valence-corrected chi connectivity index (χ2v) is 5.06. The number of methoxy groups -OCH3 is 2. The highest BCUT2D eigenvalue weighted by atomic mass is 16.5. The molecular formula is C18H18N2O3. The molecule has 2 aromatic carbocycles. The van der Waals surface area contributed by atoms with Crippen LogP contribution in [-0.2, 0) is 6.54 Å². The van der Waals surface area contributed by atoms with E-state index in [1.54, 1.807) is 20.4 Å². The van der Waals surface area contributed by atoms with Crippen LogP contribution in [0.5, 0.6) is 17.4 Å². The van der Waals surface area contributed by atoms with Crippen molar-refractivity contribution in [2.45, 2.75) is 6.54 Å². The average molecular weight is 310 g/mol. The van der Waals surface area contributed by atoms with E-state index in [-0.39, 0.29) is 5.88 Å². The molecule has 0 bridgehead atoms. The number of H-pyrrole nitrogens is 1. The van der Waals surface area contributed by atoms with Crippen molar-refractivity contribution in [1.82, 2.24) is 4.98 Å². The third kappa shape index (κ3) is 2.85. The van der Waals surface area contributed by atoms with E-state index in [9.17, 15) is 5.11 Å². The number of para-hydroxylation sites is 2. The van der Waals surface area contributed by atoms with Crippen LogP contribution < -0.4 is 9.47 Å². The molecule has 0 radical (unpaired) electrons. The molecule has 0 fully saturated rings. The second kappa shape index (κ2) is 6.44. The summed E-state index contributed by atoms with van der Waals surface area (Å²) in [6.07, 6.45) is 1.67. The summed E-state index contributed by atoms with van der Waals surface area (Å²) in [5, 5.41) is 11.0. The first-order valence-electron chi connectivity index (χ1n) is 7.24. The number of hydrogen-bond acceptors (Lipinski definition) is 4. The summed E-state index contributed by atoms with van der Waals surface area (Å²) in [6.45, 7) is 0.430. The first kappa shape index (κ1) is 15.0. The lowest BCUT2D eigenvalue weighted by molar-refractivity contribution is 0.352. The van der Waals surface area contributed by atoms with Crippen LogP contribution in [0.15, 0.2) is 47.5 Å². The molecule has 118 valence electrons. The summed E-state index contributed by atoms with van der Waals surface area (Å²) >= 11 is 0. The zero-order chi connectivity index (χ0) is 16.2. The molecule has 23 heavy (non-hydrogen) atoms. The molecule has 0 spiro atoms. The van der Waals surface area contributed by atoms with Crippen molar-refractivity contribution in [1.29, 1.82) is 0 Å². The van der Waals surface area contributed by atoms with E-state index in [0.29, 0.717) is 23.6 Å². The van der Waals surface area contributed by atoms with Gasteiger partial charge >= 0.3 is 0 Å². The summed E-state index contributed by atoms with van der Waals surface area (Å²) in [4.78, 5) is 7.37. The van der Waals surface area contributed by atoms with E-state index >= 15 is 0 Å². The summed E-state index contributed by atoms with van der Waals surface area (Å²) in [5.74, 6) is 1.47. The SMILES string of the molecule is COc1cccc(CN=Cc2c(O)[nH]c3ccccc23)c1OC. The van der Waals surface area contributed by atoms with Crippen molar-refractivity contribution >= 4 is 17.1 Å². The van der Waals surface area contributed by atoms with Crippen molar-refractivity contribution in [3.63, 3.8) is 0 Å². The van der Waals surface area contributed by atoms with E-state index in [2.05, 4.69) is 9.98 Å². The number of fused-ring (bicyclic) bond motifs is 1. The largest absolute Gasteiger partial charge is 0.494 e. The van der Waals surface area contributed by atoms with Crippen LogP contribution in [0.2, 0.25) is 0 Å². The fourth-order valence-electron chi connectivity index (χ4n) is 2.59. The Kier molecular flexibility index (Phi) is 4.19. The summed E-state index contributed by atoms with van der Waals surface area (Å²) in [6, 6.07) is 13.4. The van der Waals surface area contributed by atoms with Crippen LogP contribution in [-0.4, -0.2) is 30.5 Å². The lowest BCUT2D eigenvalue weighted by atomic mass is 10.1. The molecule has 0 atom stereocenters. The minimum absolute atomic E-state index is 0.118. The van der Waals surface area contributed by atoms with Crippen molar-refractivity contribution in [3.8, 4) is 17.4 Å². The number of benzene rings is 2. The average Bonchev–Trinajstić information content (AvgIpc) is 2.90. The number of nitrogens with one attached hydrogen (secondary N) is 1. The molecule has 0 aliphatic carbocycles. The van der Waals surface area contributed by atoms with Gasteiger partial charge in [0.1, 0.15) is 0 Å². The van der Waals surface area contributed by atoms with Crippen LogP contribution in [0.4, 0.5) is 0 Å². The Hall–Kier alpha value is -2.95. The minimum atomic E-state index is 0.118. The van der Waals surface area contributed by atoms with Crippen molar-refractivity contribution in [2.24, 2.45) is 4.99 Å². The van der Waals surface area contributed by atoms with Gasteiger partial charge in [-0.15, -0.1) is 0 Å². The van der Waals surface area contributed by atoms with Gasteiger partial charge < -0.3 is 19.6 Å². The number of aromatic nitrogens is 1. The smallest absolute Gasteiger partial charge is 0.198 e. The molecule has 0 saturated heterocycles. The Bertz CT molecular complexity index is 853. The normalized spacial score (nSPS) is 11.2. The monoisotopic (exact) mass is 310 g/mol. The number of aromatic amines is 1. The Balaban J connectivity index is 1.88. The first-order chi connectivity index (χ1) is 11.2. The zero-order valence-corrected chi connectivity index (χ0v) is 13.0. The Morgan fingerprint density at radius 1 is 1.09 bits per heavy atom. The van der Waals surface area contributed by atoms with Gasteiger partial charge in [0.25, 0.3) is 0 Å². The van der Waals surface area contributed by atoms with Gasteiger partial charge in [-0.3, -0.25) is 4.99 Å². The fourth-order valence-corrected chi connectivity index (χ4v) is 2.59. The number of ether oxygens (including phenoxy) is 2. The molecule has 0 aliphatic rings. The third-order valence-electron chi connectivity index (χ3n) is 3.69. The fraction of sp³-hybridized carbons (Fsp3) is 0.167. The molecule has 0 unspecified atom stereocenters.